The Labute approximate surface area is 136 Å². The number of carboxylic acids is 1. The van der Waals surface area contributed by atoms with Crippen LogP contribution in [0.3, 0.4) is 0 Å². The lowest BCUT2D eigenvalue weighted by Crippen LogP contribution is -2.15. The minimum atomic E-state index is -0.887. The topological polar surface area (TPSA) is 55.1 Å². The van der Waals surface area contributed by atoms with E-state index >= 15 is 0 Å². The minimum absolute atomic E-state index is 0.110. The van der Waals surface area contributed by atoms with E-state index in [4.69, 9.17) is 23.2 Å². The predicted octanol–water partition coefficient (Wildman–Crippen LogP) is 4.39. The van der Waals surface area contributed by atoms with Gasteiger partial charge in [-0.15, -0.1) is 0 Å². The van der Waals surface area contributed by atoms with Gasteiger partial charge in [0.25, 0.3) is 0 Å². The number of fused-ring (bicyclic) bond motifs is 1. The molecule has 1 fully saturated rings. The number of nitrogens with zero attached hydrogens (tertiary/aromatic N) is 2. The highest BCUT2D eigenvalue weighted by Gasteiger charge is 2.24. The molecule has 1 N–H and O–H groups in total. The molecule has 4 nitrogen and oxygen atoms in total. The Kier molecular flexibility index (Phi) is 4.33. The molecule has 0 amide bonds. The van der Waals surface area contributed by atoms with Crippen molar-refractivity contribution in [3.8, 4) is 0 Å². The van der Waals surface area contributed by atoms with E-state index in [-0.39, 0.29) is 11.8 Å². The lowest BCUT2D eigenvalue weighted by Gasteiger charge is -2.21. The van der Waals surface area contributed by atoms with Crippen LogP contribution in [0.1, 0.15) is 30.3 Å². The molecule has 2 aromatic rings. The number of carboxylic acid groups (broad SMARTS) is 1. The van der Waals surface area contributed by atoms with E-state index < -0.39 is 5.97 Å². The number of rotatable bonds is 3. The fourth-order valence-corrected chi connectivity index (χ4v) is 4.26. The molecule has 1 unspecified atom stereocenters. The summed E-state index contributed by atoms with van der Waals surface area (Å²) in [6.07, 6.45) is 3.38. The van der Waals surface area contributed by atoms with Gasteiger partial charge in [0.2, 0.25) is 0 Å². The van der Waals surface area contributed by atoms with Crippen molar-refractivity contribution in [3.05, 3.63) is 28.0 Å². The molecule has 0 bridgehead atoms. The fourth-order valence-electron chi connectivity index (χ4n) is 2.63. The van der Waals surface area contributed by atoms with Gasteiger partial charge in [0.1, 0.15) is 12.4 Å². The number of hydrogen-bond acceptors (Lipinski definition) is 3. The number of aliphatic carboxylic acids is 1. The van der Waals surface area contributed by atoms with Gasteiger partial charge in [-0.2, -0.15) is 11.8 Å². The molecular weight excluding hydrogens is 331 g/mol. The van der Waals surface area contributed by atoms with Gasteiger partial charge in [-0.3, -0.25) is 4.79 Å². The van der Waals surface area contributed by atoms with Gasteiger partial charge >= 0.3 is 5.97 Å². The zero-order chi connectivity index (χ0) is 15.0. The van der Waals surface area contributed by atoms with Crippen LogP contribution in [-0.2, 0) is 11.3 Å². The molecule has 0 aliphatic carbocycles. The molecule has 112 valence electrons. The SMILES string of the molecule is O=C(O)Cn1c(C2CCCCS2)nc2cc(Cl)c(Cl)cc21. The molecule has 1 atom stereocenters. The first kappa shape index (κ1) is 15.0. The summed E-state index contributed by atoms with van der Waals surface area (Å²) < 4.78 is 1.75. The minimum Gasteiger partial charge on any atom is -0.480 e. The van der Waals surface area contributed by atoms with Gasteiger partial charge in [-0.05, 0) is 30.7 Å². The summed E-state index contributed by atoms with van der Waals surface area (Å²) in [6, 6.07) is 3.40. The number of benzene rings is 1. The van der Waals surface area contributed by atoms with Gasteiger partial charge in [-0.1, -0.05) is 29.6 Å². The van der Waals surface area contributed by atoms with Crippen molar-refractivity contribution < 1.29 is 9.90 Å². The molecule has 3 rings (SSSR count). The number of imidazole rings is 1. The molecule has 0 spiro atoms. The molecule has 0 saturated carbocycles. The molecule has 1 aliphatic heterocycles. The van der Waals surface area contributed by atoms with Crippen molar-refractivity contribution in [2.75, 3.05) is 5.75 Å². The molecule has 1 saturated heterocycles. The van der Waals surface area contributed by atoms with Gasteiger partial charge in [0.15, 0.2) is 0 Å². The van der Waals surface area contributed by atoms with Crippen LogP contribution in [-0.4, -0.2) is 26.4 Å². The number of hydrogen-bond donors (Lipinski definition) is 1. The summed E-state index contributed by atoms with van der Waals surface area (Å²) in [7, 11) is 0. The zero-order valence-corrected chi connectivity index (χ0v) is 13.5. The van der Waals surface area contributed by atoms with Crippen LogP contribution in [0, 0.1) is 0 Å². The maximum atomic E-state index is 11.2. The van der Waals surface area contributed by atoms with Crippen LogP contribution < -0.4 is 0 Å². The predicted molar refractivity (Wildman–Crippen MR) is 86.4 cm³/mol. The highest BCUT2D eigenvalue weighted by Crippen LogP contribution is 2.39. The van der Waals surface area contributed by atoms with Crippen molar-refractivity contribution in [3.63, 3.8) is 0 Å². The van der Waals surface area contributed by atoms with Crippen molar-refractivity contribution in [2.24, 2.45) is 0 Å². The standard InChI is InChI=1S/C14H14Cl2N2O2S/c15-8-5-10-11(6-9(8)16)18(7-13(19)20)14(17-10)12-3-1-2-4-21-12/h5-6,12H,1-4,7H2,(H,19,20). The van der Waals surface area contributed by atoms with Gasteiger partial charge in [0.05, 0.1) is 26.3 Å². The Hall–Kier alpha value is -0.910. The molecule has 1 aliphatic rings. The summed E-state index contributed by atoms with van der Waals surface area (Å²) in [5, 5.41) is 10.3. The molecule has 7 heteroatoms. The largest absolute Gasteiger partial charge is 0.480 e. The second-order valence-corrected chi connectivity index (χ2v) is 7.19. The molecular formula is C14H14Cl2N2O2S. The van der Waals surface area contributed by atoms with E-state index in [1.165, 1.54) is 6.42 Å². The second-order valence-electron chi connectivity index (χ2n) is 5.06. The van der Waals surface area contributed by atoms with Crippen molar-refractivity contribution in [2.45, 2.75) is 31.1 Å². The molecule has 0 radical (unpaired) electrons. The fraction of sp³-hybridized carbons (Fsp3) is 0.429. The first-order valence-corrected chi connectivity index (χ1v) is 8.55. The van der Waals surface area contributed by atoms with Crippen LogP contribution in [0.4, 0.5) is 0 Å². The van der Waals surface area contributed by atoms with E-state index in [0.717, 1.165) is 29.9 Å². The summed E-state index contributed by atoms with van der Waals surface area (Å²) in [4.78, 5) is 15.8. The van der Waals surface area contributed by atoms with E-state index in [9.17, 15) is 9.90 Å². The molecule has 2 heterocycles. The van der Waals surface area contributed by atoms with Crippen LogP contribution in [0.25, 0.3) is 11.0 Å². The normalized spacial score (nSPS) is 19.0. The van der Waals surface area contributed by atoms with Gasteiger partial charge in [-0.25, -0.2) is 4.98 Å². The molecule has 1 aromatic carbocycles. The lowest BCUT2D eigenvalue weighted by atomic mass is 10.2. The quantitative estimate of drug-likeness (QED) is 0.897. The average molecular weight is 345 g/mol. The first-order chi connectivity index (χ1) is 10.1. The van der Waals surface area contributed by atoms with Crippen molar-refractivity contribution in [1.29, 1.82) is 0 Å². The van der Waals surface area contributed by atoms with E-state index in [1.54, 1.807) is 16.7 Å². The Morgan fingerprint density at radius 3 is 2.81 bits per heavy atom. The second kappa shape index (κ2) is 6.07. The molecule has 21 heavy (non-hydrogen) atoms. The third kappa shape index (κ3) is 3.00. The zero-order valence-electron chi connectivity index (χ0n) is 11.2. The Balaban J connectivity index is 2.14. The lowest BCUT2D eigenvalue weighted by molar-refractivity contribution is -0.137. The van der Waals surface area contributed by atoms with E-state index in [0.29, 0.717) is 15.6 Å². The third-order valence-electron chi connectivity index (χ3n) is 3.58. The van der Waals surface area contributed by atoms with Crippen molar-refractivity contribution >= 4 is 52.0 Å². The maximum Gasteiger partial charge on any atom is 0.323 e. The Morgan fingerprint density at radius 2 is 2.14 bits per heavy atom. The Morgan fingerprint density at radius 1 is 1.38 bits per heavy atom. The van der Waals surface area contributed by atoms with Crippen LogP contribution in [0.15, 0.2) is 12.1 Å². The Bertz CT molecular complexity index is 696. The summed E-state index contributed by atoms with van der Waals surface area (Å²) in [5.74, 6) is 1.01. The van der Waals surface area contributed by atoms with Crippen molar-refractivity contribution in [1.82, 2.24) is 9.55 Å². The van der Waals surface area contributed by atoms with Crippen LogP contribution in [0.2, 0.25) is 10.0 Å². The maximum absolute atomic E-state index is 11.2. The van der Waals surface area contributed by atoms with E-state index in [1.807, 2.05) is 11.8 Å². The van der Waals surface area contributed by atoms with Gasteiger partial charge in [0, 0.05) is 0 Å². The highest BCUT2D eigenvalue weighted by molar-refractivity contribution is 7.99. The summed E-state index contributed by atoms with van der Waals surface area (Å²) >= 11 is 13.9. The molecule has 1 aromatic heterocycles. The number of aromatic nitrogens is 2. The number of thioether (sulfide) groups is 1. The average Bonchev–Trinajstić information content (AvgIpc) is 2.78. The third-order valence-corrected chi connectivity index (χ3v) is 5.68. The smallest absolute Gasteiger partial charge is 0.323 e. The van der Waals surface area contributed by atoms with Crippen LogP contribution >= 0.6 is 35.0 Å². The van der Waals surface area contributed by atoms with Crippen LogP contribution in [0.5, 0.6) is 0 Å². The summed E-state index contributed by atoms with van der Waals surface area (Å²) in [5.41, 5.74) is 1.43. The number of halogens is 2. The van der Waals surface area contributed by atoms with Gasteiger partial charge < -0.3 is 9.67 Å². The highest BCUT2D eigenvalue weighted by atomic mass is 35.5. The number of carbonyl (C=O) groups is 1. The van der Waals surface area contributed by atoms with E-state index in [2.05, 4.69) is 4.98 Å². The summed E-state index contributed by atoms with van der Waals surface area (Å²) in [6.45, 7) is -0.110. The first-order valence-electron chi connectivity index (χ1n) is 6.75. The monoisotopic (exact) mass is 344 g/mol.